The van der Waals surface area contributed by atoms with Gasteiger partial charge in [-0.3, -0.25) is 9.69 Å². The van der Waals surface area contributed by atoms with Crippen LogP contribution in [0, 0.1) is 5.82 Å². The number of benzene rings is 1. The first-order valence-electron chi connectivity index (χ1n) is 6.19. The van der Waals surface area contributed by atoms with Gasteiger partial charge in [0.1, 0.15) is 5.82 Å². The minimum absolute atomic E-state index is 0.0643. The maximum atomic E-state index is 12.8. The van der Waals surface area contributed by atoms with Gasteiger partial charge in [0, 0.05) is 17.4 Å². The molecule has 1 saturated heterocycles. The van der Waals surface area contributed by atoms with Gasteiger partial charge in [0.2, 0.25) is 0 Å². The van der Waals surface area contributed by atoms with Crippen LogP contribution in [0.3, 0.4) is 0 Å². The van der Waals surface area contributed by atoms with E-state index < -0.39 is 0 Å². The fourth-order valence-corrected chi connectivity index (χ4v) is 3.48. The molecule has 0 spiro atoms. The lowest BCUT2D eigenvalue weighted by molar-refractivity contribution is 0.0830. The van der Waals surface area contributed by atoms with Crippen molar-refractivity contribution in [3.05, 3.63) is 35.6 Å². The summed E-state index contributed by atoms with van der Waals surface area (Å²) in [5.41, 5.74) is 0.585. The molecule has 0 bridgehead atoms. The lowest BCUT2D eigenvalue weighted by Gasteiger charge is -2.29. The first-order valence-corrected chi connectivity index (χ1v) is 7.34. The third-order valence-corrected chi connectivity index (χ3v) is 4.75. The zero-order valence-corrected chi connectivity index (χ0v) is 11.5. The Morgan fingerprint density at radius 1 is 1.44 bits per heavy atom. The summed E-state index contributed by atoms with van der Waals surface area (Å²) >= 11 is 1.93. The number of hydrogen-bond acceptors (Lipinski definition) is 3. The molecule has 0 aromatic heterocycles. The zero-order chi connectivity index (χ0) is 13.1. The van der Waals surface area contributed by atoms with Gasteiger partial charge in [-0.05, 0) is 50.4 Å². The average Bonchev–Trinajstić information content (AvgIpc) is 2.91. The highest BCUT2D eigenvalue weighted by Crippen LogP contribution is 2.23. The van der Waals surface area contributed by atoms with Gasteiger partial charge < -0.3 is 0 Å². The Labute approximate surface area is 112 Å². The van der Waals surface area contributed by atoms with Gasteiger partial charge in [0.25, 0.3) is 0 Å². The number of halogens is 1. The molecule has 2 atom stereocenters. The molecule has 1 aliphatic rings. The second-order valence-electron chi connectivity index (χ2n) is 4.73. The highest BCUT2D eigenvalue weighted by Gasteiger charge is 2.27. The Balaban J connectivity index is 2.05. The topological polar surface area (TPSA) is 20.3 Å². The van der Waals surface area contributed by atoms with Gasteiger partial charge in [0.05, 0.1) is 6.04 Å². The molecule has 1 aliphatic heterocycles. The van der Waals surface area contributed by atoms with Crippen molar-refractivity contribution >= 4 is 17.5 Å². The van der Waals surface area contributed by atoms with Crippen LogP contribution in [0.2, 0.25) is 0 Å². The molecule has 1 fully saturated rings. The highest BCUT2D eigenvalue weighted by molar-refractivity contribution is 7.99. The van der Waals surface area contributed by atoms with Crippen molar-refractivity contribution in [2.45, 2.75) is 25.4 Å². The predicted octanol–water partition coefficient (Wildman–Crippen LogP) is 2.83. The van der Waals surface area contributed by atoms with Gasteiger partial charge in [-0.25, -0.2) is 4.39 Å². The molecule has 2 rings (SSSR count). The third kappa shape index (κ3) is 2.93. The molecule has 2 nitrogen and oxygen atoms in total. The Hall–Kier alpha value is -0.870. The first-order chi connectivity index (χ1) is 8.59. The van der Waals surface area contributed by atoms with E-state index in [-0.39, 0.29) is 17.6 Å². The maximum Gasteiger partial charge on any atom is 0.179 e. The lowest BCUT2D eigenvalue weighted by atomic mass is 10.0. The standard InChI is InChI=1S/C14H18FNOS/c1-10(16(2)13-7-8-18-9-13)14(17)11-3-5-12(15)6-4-11/h3-6,10,13H,7-9H2,1-2H3. The normalized spacial score (nSPS) is 21.2. The molecule has 2 unspecified atom stereocenters. The van der Waals surface area contributed by atoms with Crippen LogP contribution in [0.5, 0.6) is 0 Å². The van der Waals surface area contributed by atoms with Crippen molar-refractivity contribution in [2.24, 2.45) is 0 Å². The molecular formula is C14H18FNOS. The van der Waals surface area contributed by atoms with Crippen molar-refractivity contribution in [1.82, 2.24) is 4.90 Å². The monoisotopic (exact) mass is 267 g/mol. The number of carbonyl (C=O) groups excluding carboxylic acids is 1. The van der Waals surface area contributed by atoms with E-state index in [1.54, 1.807) is 12.1 Å². The molecule has 0 N–H and O–H groups in total. The number of thioether (sulfide) groups is 1. The number of carbonyl (C=O) groups is 1. The van der Waals surface area contributed by atoms with Gasteiger partial charge in [-0.15, -0.1) is 0 Å². The molecule has 1 heterocycles. The van der Waals surface area contributed by atoms with Crippen molar-refractivity contribution in [3.8, 4) is 0 Å². The number of nitrogens with zero attached hydrogens (tertiary/aromatic N) is 1. The van der Waals surface area contributed by atoms with Crippen molar-refractivity contribution in [1.29, 1.82) is 0 Å². The zero-order valence-electron chi connectivity index (χ0n) is 10.7. The van der Waals surface area contributed by atoms with E-state index in [0.717, 1.165) is 12.2 Å². The summed E-state index contributed by atoms with van der Waals surface area (Å²) in [6.45, 7) is 1.93. The molecule has 0 amide bonds. The summed E-state index contributed by atoms with van der Waals surface area (Å²) in [5.74, 6) is 2.03. The van der Waals surface area contributed by atoms with Crippen LogP contribution in [0.1, 0.15) is 23.7 Å². The minimum Gasteiger partial charge on any atom is -0.293 e. The summed E-state index contributed by atoms with van der Waals surface area (Å²) in [5, 5.41) is 0. The van der Waals surface area contributed by atoms with E-state index in [4.69, 9.17) is 0 Å². The van der Waals surface area contributed by atoms with Crippen molar-refractivity contribution in [3.63, 3.8) is 0 Å². The van der Waals surface area contributed by atoms with Gasteiger partial charge >= 0.3 is 0 Å². The van der Waals surface area contributed by atoms with Crippen LogP contribution < -0.4 is 0 Å². The van der Waals surface area contributed by atoms with Gasteiger partial charge in [-0.1, -0.05) is 0 Å². The summed E-state index contributed by atoms with van der Waals surface area (Å²) in [6.07, 6.45) is 1.14. The first kappa shape index (κ1) is 13.6. The number of hydrogen-bond donors (Lipinski definition) is 0. The van der Waals surface area contributed by atoms with E-state index >= 15 is 0 Å². The molecule has 98 valence electrons. The Kier molecular flexibility index (Phi) is 4.40. The molecular weight excluding hydrogens is 249 g/mol. The largest absolute Gasteiger partial charge is 0.293 e. The van der Waals surface area contributed by atoms with Crippen LogP contribution in [-0.4, -0.2) is 41.3 Å². The van der Waals surface area contributed by atoms with Crippen LogP contribution >= 0.6 is 11.8 Å². The predicted molar refractivity (Wildman–Crippen MR) is 73.7 cm³/mol. The quantitative estimate of drug-likeness (QED) is 0.782. The van der Waals surface area contributed by atoms with E-state index in [1.165, 1.54) is 17.9 Å². The van der Waals surface area contributed by atoms with Crippen LogP contribution in [0.4, 0.5) is 4.39 Å². The SMILES string of the molecule is CC(C(=O)c1ccc(F)cc1)N(C)C1CCSC1. The van der Waals surface area contributed by atoms with Gasteiger partial charge in [0.15, 0.2) is 5.78 Å². The molecule has 0 saturated carbocycles. The molecule has 1 aromatic carbocycles. The Morgan fingerprint density at radius 3 is 2.67 bits per heavy atom. The highest BCUT2D eigenvalue weighted by atomic mass is 32.2. The molecule has 0 radical (unpaired) electrons. The fraction of sp³-hybridized carbons (Fsp3) is 0.500. The number of Topliss-reactive ketones (excluding diaryl/α,β-unsaturated/α-hetero) is 1. The van der Waals surface area contributed by atoms with E-state index in [0.29, 0.717) is 11.6 Å². The van der Waals surface area contributed by atoms with Crippen LogP contribution in [0.15, 0.2) is 24.3 Å². The Morgan fingerprint density at radius 2 is 2.11 bits per heavy atom. The minimum atomic E-state index is -0.306. The molecule has 1 aromatic rings. The van der Waals surface area contributed by atoms with Gasteiger partial charge in [-0.2, -0.15) is 11.8 Å². The summed E-state index contributed by atoms with van der Waals surface area (Å²) in [6, 6.07) is 6.13. The van der Waals surface area contributed by atoms with E-state index in [9.17, 15) is 9.18 Å². The third-order valence-electron chi connectivity index (χ3n) is 3.60. The van der Waals surface area contributed by atoms with Crippen molar-refractivity contribution in [2.75, 3.05) is 18.6 Å². The maximum absolute atomic E-state index is 12.8. The molecule has 0 aliphatic carbocycles. The summed E-state index contributed by atoms with van der Waals surface area (Å²) < 4.78 is 12.8. The molecule has 18 heavy (non-hydrogen) atoms. The average molecular weight is 267 g/mol. The Bertz CT molecular complexity index is 414. The lowest BCUT2D eigenvalue weighted by Crippen LogP contribution is -2.43. The van der Waals surface area contributed by atoms with Crippen molar-refractivity contribution < 1.29 is 9.18 Å². The van der Waals surface area contributed by atoms with E-state index in [1.807, 2.05) is 25.7 Å². The summed E-state index contributed by atoms with van der Waals surface area (Å²) in [7, 11) is 2.00. The fourth-order valence-electron chi connectivity index (χ4n) is 2.20. The smallest absolute Gasteiger partial charge is 0.179 e. The second kappa shape index (κ2) is 5.85. The van der Waals surface area contributed by atoms with Crippen LogP contribution in [-0.2, 0) is 0 Å². The van der Waals surface area contributed by atoms with Crippen LogP contribution in [0.25, 0.3) is 0 Å². The summed E-state index contributed by atoms with van der Waals surface area (Å²) in [4.78, 5) is 14.4. The molecule has 4 heteroatoms. The number of rotatable bonds is 4. The second-order valence-corrected chi connectivity index (χ2v) is 5.88. The number of likely N-dealkylation sites (N-methyl/N-ethyl adjacent to an activating group) is 1. The van der Waals surface area contributed by atoms with E-state index in [2.05, 4.69) is 4.90 Å². The number of ketones is 1.